The van der Waals surface area contributed by atoms with Crippen LogP contribution in [0.5, 0.6) is 0 Å². The van der Waals surface area contributed by atoms with Gasteiger partial charge in [-0.1, -0.05) is 0 Å². The van der Waals surface area contributed by atoms with Gasteiger partial charge in [0.05, 0.1) is 6.04 Å². The molecule has 3 heteroatoms. The molecule has 0 aliphatic carbocycles. The van der Waals surface area contributed by atoms with Crippen molar-refractivity contribution in [3.63, 3.8) is 0 Å². The van der Waals surface area contributed by atoms with E-state index >= 15 is 0 Å². The lowest BCUT2D eigenvalue weighted by molar-refractivity contribution is -0.0298. The Morgan fingerprint density at radius 3 is 2.30 bits per heavy atom. The molecule has 2 atom stereocenters. The molecule has 3 nitrogen and oxygen atoms in total. The minimum atomic E-state index is -0.656. The standard InChI is InChI=1S/C7H16N2O/c1-5(2)9-4-3-6(9)7(8)10/h5-7,10H,3-4,8H2,1-2H3/t6-,7?/m0/s1. The fraction of sp³-hybridized carbons (Fsp3) is 1.00. The van der Waals surface area contributed by atoms with Crippen molar-refractivity contribution in [3.8, 4) is 0 Å². The van der Waals surface area contributed by atoms with Crippen LogP contribution >= 0.6 is 0 Å². The molecule has 1 aliphatic heterocycles. The van der Waals surface area contributed by atoms with E-state index in [-0.39, 0.29) is 6.04 Å². The molecule has 60 valence electrons. The minimum Gasteiger partial charge on any atom is -0.377 e. The number of aliphatic hydroxyl groups excluding tert-OH is 1. The lowest BCUT2D eigenvalue weighted by atomic mass is 9.99. The number of hydrogen-bond acceptors (Lipinski definition) is 3. The van der Waals surface area contributed by atoms with E-state index in [2.05, 4.69) is 18.7 Å². The van der Waals surface area contributed by atoms with Gasteiger partial charge in [0.2, 0.25) is 0 Å². The van der Waals surface area contributed by atoms with Crippen LogP contribution in [0.4, 0.5) is 0 Å². The summed E-state index contributed by atoms with van der Waals surface area (Å²) in [7, 11) is 0. The van der Waals surface area contributed by atoms with Crippen LogP contribution in [0.15, 0.2) is 0 Å². The van der Waals surface area contributed by atoms with Crippen molar-refractivity contribution in [1.82, 2.24) is 4.90 Å². The van der Waals surface area contributed by atoms with Gasteiger partial charge >= 0.3 is 0 Å². The molecule has 0 aromatic carbocycles. The molecule has 1 aliphatic rings. The molecule has 0 aromatic heterocycles. The van der Waals surface area contributed by atoms with Gasteiger partial charge in [-0.3, -0.25) is 4.90 Å². The van der Waals surface area contributed by atoms with Crippen LogP contribution in [0, 0.1) is 0 Å². The predicted octanol–water partition coefficient (Wildman–Crippen LogP) is -0.254. The van der Waals surface area contributed by atoms with E-state index in [1.807, 2.05) is 0 Å². The topological polar surface area (TPSA) is 49.5 Å². The molecule has 0 saturated carbocycles. The second kappa shape index (κ2) is 2.86. The summed E-state index contributed by atoms with van der Waals surface area (Å²) in [6.45, 7) is 5.32. The van der Waals surface area contributed by atoms with Gasteiger partial charge in [-0.2, -0.15) is 0 Å². The minimum absolute atomic E-state index is 0.208. The first kappa shape index (κ1) is 7.98. The lowest BCUT2D eigenvalue weighted by Gasteiger charge is -2.45. The van der Waals surface area contributed by atoms with Gasteiger partial charge in [-0.15, -0.1) is 0 Å². The summed E-state index contributed by atoms with van der Waals surface area (Å²) in [5, 5.41) is 9.03. The van der Waals surface area contributed by atoms with E-state index < -0.39 is 6.23 Å². The average molecular weight is 144 g/mol. The Bertz CT molecular complexity index is 100. The van der Waals surface area contributed by atoms with E-state index in [0.29, 0.717) is 6.04 Å². The molecule has 1 rings (SSSR count). The second-order valence-electron chi connectivity index (χ2n) is 3.18. The third-order valence-electron chi connectivity index (χ3n) is 2.17. The summed E-state index contributed by atoms with van der Waals surface area (Å²) in [6.07, 6.45) is 0.381. The Balaban J connectivity index is 2.36. The molecule has 0 aromatic rings. The Morgan fingerprint density at radius 1 is 1.60 bits per heavy atom. The summed E-state index contributed by atoms with van der Waals surface area (Å²) < 4.78 is 0. The van der Waals surface area contributed by atoms with E-state index in [0.717, 1.165) is 13.0 Å². The van der Waals surface area contributed by atoms with Crippen LogP contribution < -0.4 is 5.73 Å². The van der Waals surface area contributed by atoms with Crippen LogP contribution in [0.1, 0.15) is 20.3 Å². The fourth-order valence-electron chi connectivity index (χ4n) is 1.44. The molecular weight excluding hydrogens is 128 g/mol. The third-order valence-corrected chi connectivity index (χ3v) is 2.17. The van der Waals surface area contributed by atoms with Gasteiger partial charge in [0.25, 0.3) is 0 Å². The predicted molar refractivity (Wildman–Crippen MR) is 40.4 cm³/mol. The highest BCUT2D eigenvalue weighted by Gasteiger charge is 2.33. The number of nitrogens with zero attached hydrogens (tertiary/aromatic N) is 1. The van der Waals surface area contributed by atoms with Crippen molar-refractivity contribution in [2.75, 3.05) is 6.54 Å². The van der Waals surface area contributed by atoms with Crippen molar-refractivity contribution in [2.24, 2.45) is 5.73 Å². The van der Waals surface area contributed by atoms with Crippen LogP contribution in [0.3, 0.4) is 0 Å². The number of aliphatic hydroxyl groups is 1. The normalized spacial score (nSPS) is 30.3. The highest BCUT2D eigenvalue weighted by Crippen LogP contribution is 2.21. The second-order valence-corrected chi connectivity index (χ2v) is 3.18. The molecule has 0 spiro atoms. The maximum absolute atomic E-state index is 9.03. The van der Waals surface area contributed by atoms with Crippen LogP contribution in [0.2, 0.25) is 0 Å². The summed E-state index contributed by atoms with van der Waals surface area (Å²) >= 11 is 0. The molecule has 1 unspecified atom stereocenters. The lowest BCUT2D eigenvalue weighted by Crippen LogP contribution is -2.59. The van der Waals surface area contributed by atoms with Crippen LogP contribution in [-0.2, 0) is 0 Å². The maximum Gasteiger partial charge on any atom is 0.118 e. The molecule has 1 fully saturated rings. The molecule has 1 heterocycles. The first-order valence-corrected chi connectivity index (χ1v) is 3.82. The molecule has 0 amide bonds. The third kappa shape index (κ3) is 1.31. The average Bonchev–Trinajstić information content (AvgIpc) is 1.56. The molecular formula is C7H16N2O. The zero-order valence-corrected chi connectivity index (χ0v) is 6.62. The highest BCUT2D eigenvalue weighted by atomic mass is 16.3. The number of nitrogens with two attached hydrogens (primary N) is 1. The first-order valence-electron chi connectivity index (χ1n) is 3.82. The highest BCUT2D eigenvalue weighted by molar-refractivity contribution is 4.87. The zero-order chi connectivity index (χ0) is 7.72. The van der Waals surface area contributed by atoms with Gasteiger partial charge in [0.1, 0.15) is 6.23 Å². The Labute approximate surface area is 61.8 Å². The van der Waals surface area contributed by atoms with E-state index in [1.165, 1.54) is 0 Å². The zero-order valence-electron chi connectivity index (χ0n) is 6.62. The number of likely N-dealkylation sites (tertiary alicyclic amines) is 1. The monoisotopic (exact) mass is 144 g/mol. The van der Waals surface area contributed by atoms with E-state index in [9.17, 15) is 0 Å². The fourth-order valence-corrected chi connectivity index (χ4v) is 1.44. The molecule has 0 bridgehead atoms. The Kier molecular flexibility index (Phi) is 2.28. The summed E-state index contributed by atoms with van der Waals surface area (Å²) in [5.41, 5.74) is 5.34. The first-order chi connectivity index (χ1) is 4.63. The van der Waals surface area contributed by atoms with Crippen molar-refractivity contribution in [1.29, 1.82) is 0 Å². The van der Waals surface area contributed by atoms with E-state index in [1.54, 1.807) is 0 Å². The SMILES string of the molecule is CC(C)N1CC[C@H]1C(N)O. The van der Waals surface area contributed by atoms with Gasteiger partial charge in [-0.05, 0) is 20.3 Å². The van der Waals surface area contributed by atoms with Gasteiger partial charge < -0.3 is 10.8 Å². The van der Waals surface area contributed by atoms with Crippen molar-refractivity contribution >= 4 is 0 Å². The molecule has 1 saturated heterocycles. The largest absolute Gasteiger partial charge is 0.377 e. The summed E-state index contributed by atoms with van der Waals surface area (Å²) in [4.78, 5) is 2.21. The molecule has 0 radical (unpaired) electrons. The quantitative estimate of drug-likeness (QED) is 0.525. The number of hydrogen-bond donors (Lipinski definition) is 2. The maximum atomic E-state index is 9.03. The van der Waals surface area contributed by atoms with Gasteiger partial charge in [0.15, 0.2) is 0 Å². The molecule has 10 heavy (non-hydrogen) atoms. The van der Waals surface area contributed by atoms with Crippen molar-refractivity contribution < 1.29 is 5.11 Å². The Morgan fingerprint density at radius 2 is 2.20 bits per heavy atom. The van der Waals surface area contributed by atoms with Crippen LogP contribution in [-0.4, -0.2) is 34.9 Å². The van der Waals surface area contributed by atoms with Crippen molar-refractivity contribution in [3.05, 3.63) is 0 Å². The summed E-state index contributed by atoms with van der Waals surface area (Å²) in [6, 6.07) is 0.719. The van der Waals surface area contributed by atoms with Crippen LogP contribution in [0.25, 0.3) is 0 Å². The van der Waals surface area contributed by atoms with Crippen molar-refractivity contribution in [2.45, 2.75) is 38.6 Å². The summed E-state index contributed by atoms with van der Waals surface area (Å²) in [5.74, 6) is 0. The number of rotatable bonds is 2. The van der Waals surface area contributed by atoms with E-state index in [4.69, 9.17) is 10.8 Å². The smallest absolute Gasteiger partial charge is 0.118 e. The Hall–Kier alpha value is -0.120. The molecule has 3 N–H and O–H groups in total. The van der Waals surface area contributed by atoms with Gasteiger partial charge in [-0.25, -0.2) is 0 Å². The van der Waals surface area contributed by atoms with Gasteiger partial charge in [0, 0.05) is 12.6 Å².